The van der Waals surface area contributed by atoms with Gasteiger partial charge in [-0.3, -0.25) is 0 Å². The molecule has 11 heavy (non-hydrogen) atoms. The highest BCUT2D eigenvalue weighted by Gasteiger charge is 2.20. The summed E-state index contributed by atoms with van der Waals surface area (Å²) in [6.07, 6.45) is 0. The van der Waals surface area contributed by atoms with Crippen molar-refractivity contribution in [3.63, 3.8) is 0 Å². The fourth-order valence-corrected chi connectivity index (χ4v) is 0.842. The van der Waals surface area contributed by atoms with Crippen molar-refractivity contribution in [3.8, 4) is 0 Å². The number of nitrogens with zero attached hydrogens (tertiary/aromatic N) is 2. The Bertz CT molecular complexity index is 239. The number of alkyl halides is 1. The molecule has 0 aliphatic rings. The summed E-state index contributed by atoms with van der Waals surface area (Å²) in [6.45, 7) is 6.15. The van der Waals surface area contributed by atoms with Gasteiger partial charge in [0.15, 0.2) is 5.82 Å². The van der Waals surface area contributed by atoms with Crippen molar-refractivity contribution in [2.75, 3.05) is 0 Å². The highest BCUT2D eigenvalue weighted by Crippen LogP contribution is 2.18. The molecular weight excluding hydrogens is 208 g/mol. The maximum Gasteiger partial charge on any atom is 0.237 e. The Balaban J connectivity index is 2.89. The van der Waals surface area contributed by atoms with Gasteiger partial charge in [-0.15, -0.1) is 0 Å². The summed E-state index contributed by atoms with van der Waals surface area (Å²) in [5.41, 5.74) is -0.0239. The summed E-state index contributed by atoms with van der Waals surface area (Å²) in [7, 11) is 0. The van der Waals surface area contributed by atoms with Crippen molar-refractivity contribution in [2.45, 2.75) is 31.5 Å². The second-order valence-electron chi connectivity index (χ2n) is 3.40. The first-order valence-corrected chi connectivity index (χ1v) is 4.55. The van der Waals surface area contributed by atoms with Crippen LogP contribution in [0.2, 0.25) is 0 Å². The van der Waals surface area contributed by atoms with E-state index in [-0.39, 0.29) is 5.41 Å². The second-order valence-corrected chi connectivity index (χ2v) is 3.96. The van der Waals surface area contributed by atoms with E-state index >= 15 is 0 Å². The van der Waals surface area contributed by atoms with E-state index in [0.717, 1.165) is 5.82 Å². The molecule has 0 N–H and O–H groups in total. The molecule has 1 aromatic heterocycles. The van der Waals surface area contributed by atoms with Gasteiger partial charge in [0.25, 0.3) is 0 Å². The molecule has 0 radical (unpaired) electrons. The maximum atomic E-state index is 4.93. The van der Waals surface area contributed by atoms with Gasteiger partial charge >= 0.3 is 0 Å². The molecule has 0 saturated carbocycles. The fourth-order valence-electron chi connectivity index (χ4n) is 0.614. The summed E-state index contributed by atoms with van der Waals surface area (Å²) >= 11 is 3.24. The molecule has 0 amide bonds. The zero-order chi connectivity index (χ0) is 8.48. The van der Waals surface area contributed by atoms with Gasteiger partial charge in [-0.2, -0.15) is 4.98 Å². The van der Waals surface area contributed by atoms with Crippen molar-refractivity contribution in [2.24, 2.45) is 0 Å². The molecular formula is C7H11BrN2O. The molecule has 0 aromatic carbocycles. The minimum atomic E-state index is -0.0239. The van der Waals surface area contributed by atoms with Crippen LogP contribution in [0.15, 0.2) is 4.52 Å². The Morgan fingerprint density at radius 2 is 2.09 bits per heavy atom. The summed E-state index contributed by atoms with van der Waals surface area (Å²) < 4.78 is 4.93. The number of halogens is 1. The molecule has 4 heteroatoms. The molecule has 1 aromatic rings. The van der Waals surface area contributed by atoms with E-state index in [4.69, 9.17) is 4.52 Å². The highest BCUT2D eigenvalue weighted by atomic mass is 79.9. The van der Waals surface area contributed by atoms with E-state index in [2.05, 4.69) is 46.8 Å². The molecule has 0 atom stereocenters. The molecule has 0 aliphatic heterocycles. The van der Waals surface area contributed by atoms with Gasteiger partial charge in [0.1, 0.15) is 0 Å². The van der Waals surface area contributed by atoms with E-state index in [1.165, 1.54) is 0 Å². The van der Waals surface area contributed by atoms with Gasteiger partial charge in [-0.05, 0) is 0 Å². The molecule has 1 rings (SSSR count). The molecule has 0 aliphatic carbocycles. The molecule has 62 valence electrons. The van der Waals surface area contributed by atoms with Gasteiger partial charge in [0.05, 0.1) is 5.33 Å². The van der Waals surface area contributed by atoms with E-state index < -0.39 is 0 Å². The van der Waals surface area contributed by atoms with Crippen LogP contribution < -0.4 is 0 Å². The molecule has 0 spiro atoms. The van der Waals surface area contributed by atoms with Crippen LogP contribution in [-0.4, -0.2) is 10.1 Å². The smallest absolute Gasteiger partial charge is 0.237 e. The lowest BCUT2D eigenvalue weighted by Gasteiger charge is -2.10. The topological polar surface area (TPSA) is 38.9 Å². The van der Waals surface area contributed by atoms with Crippen molar-refractivity contribution < 1.29 is 4.52 Å². The van der Waals surface area contributed by atoms with Crippen molar-refractivity contribution in [1.29, 1.82) is 0 Å². The van der Waals surface area contributed by atoms with Crippen LogP contribution in [0.3, 0.4) is 0 Å². The second kappa shape index (κ2) is 2.93. The van der Waals surface area contributed by atoms with Crippen LogP contribution >= 0.6 is 15.9 Å². The first-order chi connectivity index (χ1) is 5.04. The monoisotopic (exact) mass is 218 g/mol. The lowest BCUT2D eigenvalue weighted by Crippen LogP contribution is -2.13. The number of hydrogen-bond acceptors (Lipinski definition) is 3. The van der Waals surface area contributed by atoms with Crippen LogP contribution in [-0.2, 0) is 10.7 Å². The van der Waals surface area contributed by atoms with Gasteiger partial charge in [0, 0.05) is 5.41 Å². The highest BCUT2D eigenvalue weighted by molar-refractivity contribution is 9.08. The molecule has 0 fully saturated rings. The molecule has 0 bridgehead atoms. The zero-order valence-electron chi connectivity index (χ0n) is 6.89. The van der Waals surface area contributed by atoms with Gasteiger partial charge < -0.3 is 4.52 Å². The molecule has 3 nitrogen and oxygen atoms in total. The largest absolute Gasteiger partial charge is 0.338 e. The molecule has 1 heterocycles. The summed E-state index contributed by atoms with van der Waals surface area (Å²) in [5, 5.41) is 4.46. The van der Waals surface area contributed by atoms with Crippen LogP contribution in [0, 0.1) is 0 Å². The Labute approximate surface area is 74.3 Å². The van der Waals surface area contributed by atoms with Crippen LogP contribution in [0.5, 0.6) is 0 Å². The first-order valence-electron chi connectivity index (χ1n) is 3.43. The third-order valence-corrected chi connectivity index (χ3v) is 1.73. The normalized spacial score (nSPS) is 12.0. The average Bonchev–Trinajstić information content (AvgIpc) is 2.32. The Morgan fingerprint density at radius 3 is 2.36 bits per heavy atom. The third kappa shape index (κ3) is 2.02. The SMILES string of the molecule is CC(C)(C)c1noc(CBr)n1. The number of aromatic nitrogens is 2. The van der Waals surface area contributed by atoms with Crippen molar-refractivity contribution in [3.05, 3.63) is 11.7 Å². The van der Waals surface area contributed by atoms with Crippen LogP contribution in [0.25, 0.3) is 0 Å². The van der Waals surface area contributed by atoms with Gasteiger partial charge in [-0.1, -0.05) is 41.9 Å². The predicted molar refractivity (Wildman–Crippen MR) is 45.6 cm³/mol. The Morgan fingerprint density at radius 1 is 1.45 bits per heavy atom. The van der Waals surface area contributed by atoms with Crippen LogP contribution in [0.1, 0.15) is 32.5 Å². The van der Waals surface area contributed by atoms with E-state index in [9.17, 15) is 0 Å². The molecule has 0 saturated heterocycles. The summed E-state index contributed by atoms with van der Waals surface area (Å²) in [5.74, 6) is 1.39. The standard InChI is InChI=1S/C7H11BrN2O/c1-7(2,3)6-9-5(4-8)11-10-6/h4H2,1-3H3. The van der Waals surface area contributed by atoms with E-state index in [1.54, 1.807) is 0 Å². The lowest BCUT2D eigenvalue weighted by molar-refractivity contribution is 0.373. The maximum absolute atomic E-state index is 4.93. The number of rotatable bonds is 1. The third-order valence-electron chi connectivity index (χ3n) is 1.25. The Kier molecular flexibility index (Phi) is 2.32. The lowest BCUT2D eigenvalue weighted by atomic mass is 9.96. The summed E-state index contributed by atoms with van der Waals surface area (Å²) in [6, 6.07) is 0. The minimum Gasteiger partial charge on any atom is -0.338 e. The van der Waals surface area contributed by atoms with E-state index in [0.29, 0.717) is 11.2 Å². The summed E-state index contributed by atoms with van der Waals surface area (Å²) in [4.78, 5) is 4.18. The Hall–Kier alpha value is -0.380. The van der Waals surface area contributed by atoms with E-state index in [1.807, 2.05) is 0 Å². The zero-order valence-corrected chi connectivity index (χ0v) is 8.47. The molecule has 0 unspecified atom stereocenters. The fraction of sp³-hybridized carbons (Fsp3) is 0.714. The quantitative estimate of drug-likeness (QED) is 0.680. The van der Waals surface area contributed by atoms with Crippen molar-refractivity contribution >= 4 is 15.9 Å². The minimum absolute atomic E-state index is 0.0239. The van der Waals surface area contributed by atoms with Crippen LogP contribution in [0.4, 0.5) is 0 Å². The van der Waals surface area contributed by atoms with Gasteiger partial charge in [-0.25, -0.2) is 0 Å². The number of hydrogen-bond donors (Lipinski definition) is 0. The van der Waals surface area contributed by atoms with Gasteiger partial charge in [0.2, 0.25) is 5.89 Å². The predicted octanol–water partition coefficient (Wildman–Crippen LogP) is 2.26. The van der Waals surface area contributed by atoms with Crippen molar-refractivity contribution in [1.82, 2.24) is 10.1 Å². The first kappa shape index (κ1) is 8.71. The average molecular weight is 219 g/mol.